The number of hydrogen-bond donors (Lipinski definition) is 0. The lowest BCUT2D eigenvalue weighted by atomic mass is 9.89. The maximum Gasteiger partial charge on any atom is 0.256 e. The SMILES string of the molecule is C[C@@H]1[C@@H](N(S(=O)(=O)c2ccc(F)cc2)S(=O)(=O)c2ccc(F)cc2)CN1C(c1ccc(Cl)cc1)c1ccc(Cl)cc1. The van der Waals surface area contributed by atoms with Crippen LogP contribution in [0.25, 0.3) is 0 Å². The second-order valence-electron chi connectivity index (χ2n) is 9.65. The van der Waals surface area contributed by atoms with Gasteiger partial charge in [-0.15, -0.1) is 0 Å². The highest BCUT2D eigenvalue weighted by Gasteiger charge is 2.52. The molecule has 1 saturated heterocycles. The second-order valence-corrected chi connectivity index (χ2v) is 14.4. The van der Waals surface area contributed by atoms with Gasteiger partial charge in [0.2, 0.25) is 0 Å². The Balaban J connectivity index is 1.58. The van der Waals surface area contributed by atoms with Crippen molar-refractivity contribution in [1.29, 1.82) is 0 Å². The lowest BCUT2D eigenvalue weighted by Gasteiger charge is -2.53. The molecule has 0 spiro atoms. The van der Waals surface area contributed by atoms with Gasteiger partial charge in [-0.05, 0) is 90.8 Å². The minimum absolute atomic E-state index is 0.0396. The molecule has 0 radical (unpaired) electrons. The minimum Gasteiger partial charge on any atom is -0.286 e. The summed E-state index contributed by atoms with van der Waals surface area (Å²) in [4.78, 5) is 1.20. The van der Waals surface area contributed by atoms with Crippen molar-refractivity contribution in [2.45, 2.75) is 34.8 Å². The van der Waals surface area contributed by atoms with Crippen molar-refractivity contribution in [3.63, 3.8) is 0 Å². The average Bonchev–Trinajstić information content (AvgIpc) is 2.94. The molecule has 0 saturated carbocycles. The Morgan fingerprint density at radius 3 is 1.39 bits per heavy atom. The van der Waals surface area contributed by atoms with Gasteiger partial charge >= 0.3 is 0 Å². The number of sulfonamides is 2. The van der Waals surface area contributed by atoms with Crippen molar-refractivity contribution < 1.29 is 25.6 Å². The molecule has 1 heterocycles. The van der Waals surface area contributed by atoms with Crippen LogP contribution in [0.15, 0.2) is 107 Å². The van der Waals surface area contributed by atoms with Crippen molar-refractivity contribution >= 4 is 43.2 Å². The number of benzene rings is 4. The zero-order chi connectivity index (χ0) is 29.5. The Morgan fingerprint density at radius 2 is 1.05 bits per heavy atom. The van der Waals surface area contributed by atoms with E-state index in [-0.39, 0.29) is 22.4 Å². The molecule has 4 aromatic rings. The minimum atomic E-state index is -4.69. The Hall–Kier alpha value is -2.86. The molecule has 0 aliphatic carbocycles. The van der Waals surface area contributed by atoms with E-state index < -0.39 is 43.8 Å². The molecule has 12 heteroatoms. The third-order valence-electron chi connectivity index (χ3n) is 7.15. The van der Waals surface area contributed by atoms with Gasteiger partial charge in [0.1, 0.15) is 11.6 Å². The van der Waals surface area contributed by atoms with Crippen LogP contribution in [-0.2, 0) is 20.0 Å². The fraction of sp³-hybridized carbons (Fsp3) is 0.172. The Labute approximate surface area is 247 Å². The summed E-state index contributed by atoms with van der Waals surface area (Å²) in [6.45, 7) is 1.78. The molecule has 0 amide bonds. The van der Waals surface area contributed by atoms with Crippen molar-refractivity contribution in [2.24, 2.45) is 0 Å². The molecule has 2 atom stereocenters. The molecule has 0 N–H and O–H groups in total. The first-order valence-corrected chi connectivity index (χ1v) is 16.1. The van der Waals surface area contributed by atoms with Crippen LogP contribution >= 0.6 is 23.2 Å². The highest BCUT2D eigenvalue weighted by atomic mass is 35.5. The van der Waals surface area contributed by atoms with Gasteiger partial charge in [-0.25, -0.2) is 25.6 Å². The van der Waals surface area contributed by atoms with E-state index in [4.69, 9.17) is 23.2 Å². The van der Waals surface area contributed by atoms with Gasteiger partial charge < -0.3 is 0 Å². The predicted molar refractivity (Wildman–Crippen MR) is 154 cm³/mol. The van der Waals surface area contributed by atoms with E-state index in [1.165, 1.54) is 0 Å². The summed E-state index contributed by atoms with van der Waals surface area (Å²) in [6.07, 6.45) is 0. The number of nitrogens with zero attached hydrogens (tertiary/aromatic N) is 2. The number of rotatable bonds is 8. The van der Waals surface area contributed by atoms with Gasteiger partial charge in [0.05, 0.1) is 21.9 Å². The van der Waals surface area contributed by atoms with Gasteiger partial charge in [-0.3, -0.25) is 4.90 Å². The normalized spacial score (nSPS) is 18.0. The van der Waals surface area contributed by atoms with Gasteiger partial charge in [0.15, 0.2) is 0 Å². The summed E-state index contributed by atoms with van der Waals surface area (Å²) in [5, 5.41) is 1.08. The van der Waals surface area contributed by atoms with Crippen molar-refractivity contribution in [2.75, 3.05) is 6.54 Å². The first kappa shape index (κ1) is 29.6. The van der Waals surface area contributed by atoms with E-state index in [0.29, 0.717) is 13.8 Å². The van der Waals surface area contributed by atoms with Crippen molar-refractivity contribution in [1.82, 2.24) is 8.61 Å². The van der Waals surface area contributed by atoms with Crippen LogP contribution in [0.2, 0.25) is 10.0 Å². The summed E-state index contributed by atoms with van der Waals surface area (Å²) < 4.78 is 83.4. The topological polar surface area (TPSA) is 74.8 Å². The Kier molecular flexibility index (Phi) is 8.26. The summed E-state index contributed by atoms with van der Waals surface area (Å²) in [5.41, 5.74) is 1.72. The standard InChI is InChI=1S/C29H24Cl2F2N2O4S2/c1-19-28(18-34(19)29(20-2-6-22(30)7-3-20)21-4-8-23(31)9-5-21)35(40(36,37)26-14-10-24(32)11-15-26)41(38,39)27-16-12-25(33)13-17-27/h2-17,19,28-29H,18H2,1H3/t19-,28+/m1/s1. The Bertz CT molecular complexity index is 1630. The molecule has 1 aliphatic heterocycles. The molecule has 0 bridgehead atoms. The van der Waals surface area contributed by atoms with Gasteiger partial charge in [0.25, 0.3) is 20.0 Å². The summed E-state index contributed by atoms with van der Waals surface area (Å²) >= 11 is 12.2. The first-order valence-electron chi connectivity index (χ1n) is 12.5. The second kappa shape index (κ2) is 11.4. The van der Waals surface area contributed by atoms with Crippen LogP contribution in [0.5, 0.6) is 0 Å². The third-order valence-corrected chi connectivity index (χ3v) is 12.1. The highest BCUT2D eigenvalue weighted by Crippen LogP contribution is 2.41. The van der Waals surface area contributed by atoms with E-state index in [0.717, 1.165) is 59.7 Å². The van der Waals surface area contributed by atoms with Gasteiger partial charge in [0, 0.05) is 22.6 Å². The van der Waals surface area contributed by atoms with Crippen LogP contribution in [0, 0.1) is 11.6 Å². The van der Waals surface area contributed by atoms with Crippen LogP contribution in [0.4, 0.5) is 8.78 Å². The van der Waals surface area contributed by atoms with E-state index in [1.807, 2.05) is 29.2 Å². The largest absolute Gasteiger partial charge is 0.286 e. The van der Waals surface area contributed by atoms with Crippen LogP contribution in [0.3, 0.4) is 0 Å². The lowest BCUT2D eigenvalue weighted by molar-refractivity contribution is 0.0130. The first-order chi connectivity index (χ1) is 19.4. The fourth-order valence-electron chi connectivity index (χ4n) is 4.97. The third kappa shape index (κ3) is 5.77. The zero-order valence-electron chi connectivity index (χ0n) is 21.5. The molecule has 4 aromatic carbocycles. The van der Waals surface area contributed by atoms with E-state index in [2.05, 4.69) is 0 Å². The molecule has 41 heavy (non-hydrogen) atoms. The zero-order valence-corrected chi connectivity index (χ0v) is 24.7. The molecule has 1 fully saturated rings. The summed E-state index contributed by atoms with van der Waals surface area (Å²) in [6, 6.07) is 20.2. The van der Waals surface area contributed by atoms with E-state index >= 15 is 0 Å². The molecular weight excluding hydrogens is 613 g/mol. The lowest BCUT2D eigenvalue weighted by Crippen LogP contribution is -2.67. The van der Waals surface area contributed by atoms with Crippen LogP contribution < -0.4 is 0 Å². The highest BCUT2D eigenvalue weighted by molar-refractivity contribution is 8.04. The van der Waals surface area contributed by atoms with E-state index in [9.17, 15) is 25.6 Å². The molecular formula is C29H24Cl2F2N2O4S2. The molecule has 0 aromatic heterocycles. The molecule has 214 valence electrons. The monoisotopic (exact) mass is 636 g/mol. The number of hydrogen-bond acceptors (Lipinski definition) is 5. The fourth-order valence-corrected chi connectivity index (χ4v) is 9.35. The Morgan fingerprint density at radius 1 is 0.683 bits per heavy atom. The quantitative estimate of drug-likeness (QED) is 0.220. The molecule has 6 nitrogen and oxygen atoms in total. The summed E-state index contributed by atoms with van der Waals surface area (Å²) in [7, 11) is -9.39. The molecule has 1 aliphatic rings. The van der Waals surface area contributed by atoms with Crippen LogP contribution in [-0.4, -0.2) is 44.1 Å². The van der Waals surface area contributed by atoms with E-state index in [1.54, 1.807) is 31.2 Å². The van der Waals surface area contributed by atoms with Crippen molar-refractivity contribution in [3.8, 4) is 0 Å². The number of likely N-dealkylation sites (tertiary alicyclic amines) is 1. The van der Waals surface area contributed by atoms with Gasteiger partial charge in [-0.2, -0.15) is 0 Å². The maximum atomic E-state index is 13.9. The average molecular weight is 638 g/mol. The molecule has 0 unspecified atom stereocenters. The number of halogens is 4. The van der Waals surface area contributed by atoms with Gasteiger partial charge in [-0.1, -0.05) is 51.2 Å². The smallest absolute Gasteiger partial charge is 0.256 e. The summed E-state index contributed by atoms with van der Waals surface area (Å²) in [5.74, 6) is -1.34. The maximum absolute atomic E-state index is 13.9. The van der Waals surface area contributed by atoms with Crippen molar-refractivity contribution in [3.05, 3.63) is 130 Å². The molecule has 5 rings (SSSR count). The predicted octanol–water partition coefficient (Wildman–Crippen LogP) is 6.51. The van der Waals surface area contributed by atoms with Crippen LogP contribution in [0.1, 0.15) is 24.1 Å².